The standard InChI is InChI=1S/C12H21N3O/c1-5-15(8-9(2)3)12-10(13)6-7-11(14-12)16-4/h6-7,9H,5,8,13H2,1-4H3. The molecule has 0 unspecified atom stereocenters. The maximum atomic E-state index is 5.94. The summed E-state index contributed by atoms with van der Waals surface area (Å²) in [7, 11) is 1.61. The first-order valence-corrected chi connectivity index (χ1v) is 5.64. The van der Waals surface area contributed by atoms with Crippen LogP contribution < -0.4 is 15.4 Å². The molecule has 0 fully saturated rings. The van der Waals surface area contributed by atoms with E-state index in [9.17, 15) is 0 Å². The Morgan fingerprint density at radius 1 is 1.44 bits per heavy atom. The lowest BCUT2D eigenvalue weighted by molar-refractivity contribution is 0.397. The van der Waals surface area contributed by atoms with Crippen LogP contribution in [0.4, 0.5) is 11.5 Å². The van der Waals surface area contributed by atoms with E-state index in [1.165, 1.54) is 0 Å². The Bertz CT molecular complexity index is 339. The smallest absolute Gasteiger partial charge is 0.215 e. The molecule has 0 atom stereocenters. The van der Waals surface area contributed by atoms with Crippen LogP contribution in [0.25, 0.3) is 0 Å². The van der Waals surface area contributed by atoms with Crippen LogP contribution in [-0.2, 0) is 0 Å². The van der Waals surface area contributed by atoms with Gasteiger partial charge in [0, 0.05) is 19.2 Å². The highest BCUT2D eigenvalue weighted by Crippen LogP contribution is 2.24. The number of nitrogen functional groups attached to an aromatic ring is 1. The lowest BCUT2D eigenvalue weighted by atomic mass is 10.2. The first-order valence-electron chi connectivity index (χ1n) is 5.64. The fourth-order valence-electron chi connectivity index (χ4n) is 1.61. The van der Waals surface area contributed by atoms with Gasteiger partial charge in [-0.2, -0.15) is 4.98 Å². The SMILES string of the molecule is CCN(CC(C)C)c1nc(OC)ccc1N. The van der Waals surface area contributed by atoms with Crippen molar-refractivity contribution in [3.05, 3.63) is 12.1 Å². The maximum absolute atomic E-state index is 5.94. The van der Waals surface area contributed by atoms with Crippen molar-refractivity contribution in [3.63, 3.8) is 0 Å². The second-order valence-electron chi connectivity index (χ2n) is 4.20. The molecule has 0 spiro atoms. The molecule has 0 radical (unpaired) electrons. The summed E-state index contributed by atoms with van der Waals surface area (Å²) in [5.41, 5.74) is 6.63. The van der Waals surface area contributed by atoms with Gasteiger partial charge in [-0.3, -0.25) is 0 Å². The van der Waals surface area contributed by atoms with Crippen LogP contribution in [0.3, 0.4) is 0 Å². The molecule has 1 heterocycles. The highest BCUT2D eigenvalue weighted by molar-refractivity contribution is 5.63. The van der Waals surface area contributed by atoms with Crippen LogP contribution in [0.1, 0.15) is 20.8 Å². The number of hydrogen-bond acceptors (Lipinski definition) is 4. The van der Waals surface area contributed by atoms with E-state index in [-0.39, 0.29) is 0 Å². The van der Waals surface area contributed by atoms with Crippen molar-refractivity contribution >= 4 is 11.5 Å². The third-order valence-electron chi connectivity index (χ3n) is 2.36. The Morgan fingerprint density at radius 2 is 2.12 bits per heavy atom. The largest absolute Gasteiger partial charge is 0.481 e. The van der Waals surface area contributed by atoms with E-state index in [4.69, 9.17) is 10.5 Å². The zero-order chi connectivity index (χ0) is 12.1. The highest BCUT2D eigenvalue weighted by Gasteiger charge is 2.12. The van der Waals surface area contributed by atoms with Gasteiger partial charge in [0.05, 0.1) is 12.8 Å². The van der Waals surface area contributed by atoms with Gasteiger partial charge < -0.3 is 15.4 Å². The fraction of sp³-hybridized carbons (Fsp3) is 0.583. The van der Waals surface area contributed by atoms with Gasteiger partial charge in [0.1, 0.15) is 0 Å². The van der Waals surface area contributed by atoms with Crippen molar-refractivity contribution in [1.82, 2.24) is 4.98 Å². The van der Waals surface area contributed by atoms with E-state index < -0.39 is 0 Å². The number of ether oxygens (including phenoxy) is 1. The molecule has 1 rings (SSSR count). The van der Waals surface area contributed by atoms with Crippen LogP contribution in [0, 0.1) is 5.92 Å². The van der Waals surface area contributed by atoms with E-state index in [1.807, 2.05) is 6.07 Å². The Kier molecular flexibility index (Phi) is 4.40. The first-order chi connectivity index (χ1) is 7.58. The van der Waals surface area contributed by atoms with Gasteiger partial charge in [0.25, 0.3) is 0 Å². The average Bonchev–Trinajstić information content (AvgIpc) is 2.26. The zero-order valence-electron chi connectivity index (χ0n) is 10.5. The van der Waals surface area contributed by atoms with Crippen LogP contribution in [0.2, 0.25) is 0 Å². The number of nitrogens with zero attached hydrogens (tertiary/aromatic N) is 2. The molecule has 16 heavy (non-hydrogen) atoms. The second kappa shape index (κ2) is 5.58. The van der Waals surface area contributed by atoms with E-state index in [1.54, 1.807) is 13.2 Å². The molecule has 0 aliphatic carbocycles. The Balaban J connectivity index is 2.98. The topological polar surface area (TPSA) is 51.4 Å². The van der Waals surface area contributed by atoms with Gasteiger partial charge in [0.15, 0.2) is 5.82 Å². The lowest BCUT2D eigenvalue weighted by Gasteiger charge is -2.25. The summed E-state index contributed by atoms with van der Waals surface area (Å²) in [6.07, 6.45) is 0. The van der Waals surface area contributed by atoms with Crippen molar-refractivity contribution in [2.75, 3.05) is 30.8 Å². The Labute approximate surface area is 97.4 Å². The Morgan fingerprint density at radius 3 is 2.62 bits per heavy atom. The number of methoxy groups -OCH3 is 1. The number of pyridine rings is 1. The second-order valence-corrected chi connectivity index (χ2v) is 4.20. The lowest BCUT2D eigenvalue weighted by Crippen LogP contribution is -2.28. The molecule has 0 saturated heterocycles. The van der Waals surface area contributed by atoms with Crippen molar-refractivity contribution in [1.29, 1.82) is 0 Å². The molecule has 4 heteroatoms. The van der Waals surface area contributed by atoms with Gasteiger partial charge in [-0.15, -0.1) is 0 Å². The fourth-order valence-corrected chi connectivity index (χ4v) is 1.61. The van der Waals surface area contributed by atoms with Crippen LogP contribution >= 0.6 is 0 Å². The van der Waals surface area contributed by atoms with Crippen molar-refractivity contribution in [3.8, 4) is 5.88 Å². The molecule has 2 N–H and O–H groups in total. The molecule has 1 aromatic heterocycles. The molecular weight excluding hydrogens is 202 g/mol. The number of anilines is 2. The molecule has 4 nitrogen and oxygen atoms in total. The van der Waals surface area contributed by atoms with E-state index in [0.29, 0.717) is 17.5 Å². The number of nitrogens with two attached hydrogens (primary N) is 1. The van der Waals surface area contributed by atoms with Crippen molar-refractivity contribution in [2.24, 2.45) is 5.92 Å². The minimum atomic E-state index is 0.576. The van der Waals surface area contributed by atoms with E-state index >= 15 is 0 Å². The molecular formula is C12H21N3O. The average molecular weight is 223 g/mol. The van der Waals surface area contributed by atoms with Gasteiger partial charge in [0.2, 0.25) is 5.88 Å². The predicted octanol–water partition coefficient (Wildman–Crippen LogP) is 2.15. The summed E-state index contributed by atoms with van der Waals surface area (Å²) in [6, 6.07) is 3.62. The van der Waals surface area contributed by atoms with Crippen LogP contribution in [-0.4, -0.2) is 25.2 Å². The summed E-state index contributed by atoms with van der Waals surface area (Å²) in [4.78, 5) is 6.56. The number of hydrogen-bond donors (Lipinski definition) is 1. The van der Waals surface area contributed by atoms with Crippen LogP contribution in [0.5, 0.6) is 5.88 Å². The predicted molar refractivity (Wildman–Crippen MR) is 67.9 cm³/mol. The molecule has 0 saturated carbocycles. The molecule has 90 valence electrons. The van der Waals surface area contributed by atoms with E-state index in [2.05, 4.69) is 30.7 Å². The first kappa shape index (κ1) is 12.6. The number of aromatic nitrogens is 1. The monoisotopic (exact) mass is 223 g/mol. The van der Waals surface area contributed by atoms with Gasteiger partial charge in [-0.1, -0.05) is 13.8 Å². The molecule has 0 amide bonds. The minimum absolute atomic E-state index is 0.576. The number of rotatable bonds is 5. The summed E-state index contributed by atoms with van der Waals surface area (Å²) in [5, 5.41) is 0. The summed E-state index contributed by atoms with van der Waals surface area (Å²) in [6.45, 7) is 8.30. The highest BCUT2D eigenvalue weighted by atomic mass is 16.5. The quantitative estimate of drug-likeness (QED) is 0.831. The molecule has 0 aliphatic heterocycles. The third-order valence-corrected chi connectivity index (χ3v) is 2.36. The van der Waals surface area contributed by atoms with Gasteiger partial charge >= 0.3 is 0 Å². The molecule has 0 bridgehead atoms. The van der Waals surface area contributed by atoms with Crippen LogP contribution in [0.15, 0.2) is 12.1 Å². The maximum Gasteiger partial charge on any atom is 0.215 e. The van der Waals surface area contributed by atoms with Crippen molar-refractivity contribution < 1.29 is 4.74 Å². The summed E-state index contributed by atoms with van der Waals surface area (Å²) >= 11 is 0. The Hall–Kier alpha value is -1.45. The normalized spacial score (nSPS) is 10.6. The van der Waals surface area contributed by atoms with E-state index in [0.717, 1.165) is 18.9 Å². The van der Waals surface area contributed by atoms with Crippen molar-refractivity contribution in [2.45, 2.75) is 20.8 Å². The summed E-state index contributed by atoms with van der Waals surface area (Å²) < 4.78 is 5.12. The van der Waals surface area contributed by atoms with Gasteiger partial charge in [-0.25, -0.2) is 0 Å². The zero-order valence-corrected chi connectivity index (χ0v) is 10.5. The molecule has 0 aromatic carbocycles. The minimum Gasteiger partial charge on any atom is -0.481 e. The molecule has 0 aliphatic rings. The summed E-state index contributed by atoms with van der Waals surface area (Å²) in [5.74, 6) is 1.99. The third kappa shape index (κ3) is 3.02. The van der Waals surface area contributed by atoms with Gasteiger partial charge in [-0.05, 0) is 18.9 Å². The molecule has 1 aromatic rings.